The topological polar surface area (TPSA) is 34.1 Å². The maximum absolute atomic E-state index is 5.33. The molecule has 142 valence electrons. The van der Waals surface area contributed by atoms with E-state index in [0.717, 1.165) is 22.1 Å². The maximum atomic E-state index is 5.33. The molecule has 0 radical (unpaired) electrons. The highest BCUT2D eigenvalue weighted by Gasteiger charge is 2.21. The van der Waals surface area contributed by atoms with Gasteiger partial charge in [0.1, 0.15) is 18.2 Å². The molecule has 1 heterocycles. The van der Waals surface area contributed by atoms with Gasteiger partial charge in [-0.1, -0.05) is 35.9 Å². The molecule has 0 spiro atoms. The molecule has 4 rings (SSSR count). The van der Waals surface area contributed by atoms with Crippen LogP contribution in [0.4, 0.5) is 0 Å². The van der Waals surface area contributed by atoms with Gasteiger partial charge in [-0.2, -0.15) is 0 Å². The quantitative estimate of drug-likeness (QED) is 0.688. The van der Waals surface area contributed by atoms with Crippen molar-refractivity contribution in [3.8, 4) is 11.5 Å². The Kier molecular flexibility index (Phi) is 5.02. The molecule has 0 amide bonds. The summed E-state index contributed by atoms with van der Waals surface area (Å²) in [5, 5.41) is 2.20. The molecule has 0 saturated carbocycles. The van der Waals surface area contributed by atoms with Gasteiger partial charge in [0.25, 0.3) is 0 Å². The molecule has 3 aromatic carbocycles. The fraction of sp³-hybridized carbons (Fsp3) is 0.208. The largest absolute Gasteiger partial charge is 0.497 e. The molecule has 1 aliphatic rings. The van der Waals surface area contributed by atoms with Crippen molar-refractivity contribution < 1.29 is 9.47 Å². The van der Waals surface area contributed by atoms with Crippen molar-refractivity contribution in [2.45, 2.75) is 13.0 Å². The molecule has 0 unspecified atom stereocenters. The third-order valence-electron chi connectivity index (χ3n) is 5.09. The van der Waals surface area contributed by atoms with Gasteiger partial charge in [-0.15, -0.1) is 0 Å². The van der Waals surface area contributed by atoms with Gasteiger partial charge >= 0.3 is 0 Å². The van der Waals surface area contributed by atoms with Gasteiger partial charge in [-0.3, -0.25) is 4.99 Å². The predicted octanol–water partition coefficient (Wildman–Crippen LogP) is 3.43. The third-order valence-corrected chi connectivity index (χ3v) is 5.09. The number of ether oxygens (including phenoxy) is 2. The van der Waals surface area contributed by atoms with Crippen LogP contribution >= 0.6 is 0 Å². The number of fused-ring (bicyclic) bond motifs is 1. The van der Waals surface area contributed by atoms with Crippen molar-refractivity contribution >= 4 is 6.20 Å². The van der Waals surface area contributed by atoms with Crippen molar-refractivity contribution in [2.24, 2.45) is 4.99 Å². The van der Waals surface area contributed by atoms with E-state index in [2.05, 4.69) is 60.5 Å². The number of nitrogens with zero attached hydrogens (tertiary/aromatic N) is 2. The Morgan fingerprint density at radius 1 is 0.821 bits per heavy atom. The lowest BCUT2D eigenvalue weighted by Crippen LogP contribution is -2.38. The SMILES string of the molecule is COc1ccc(C(c2ccc(OC)cc2)N2C=c3cc(C)ccc3=NC2)cc1. The third kappa shape index (κ3) is 3.58. The average Bonchev–Trinajstić information content (AvgIpc) is 2.74. The van der Waals surface area contributed by atoms with Crippen LogP contribution in [0.5, 0.6) is 11.5 Å². The fourth-order valence-corrected chi connectivity index (χ4v) is 3.60. The molecular formula is C24H24N2O2. The molecule has 0 N–H and O–H groups in total. The van der Waals surface area contributed by atoms with E-state index >= 15 is 0 Å². The zero-order valence-corrected chi connectivity index (χ0v) is 16.4. The van der Waals surface area contributed by atoms with Crippen molar-refractivity contribution in [1.29, 1.82) is 0 Å². The van der Waals surface area contributed by atoms with Crippen molar-refractivity contribution in [2.75, 3.05) is 20.9 Å². The monoisotopic (exact) mass is 372 g/mol. The molecule has 0 atom stereocenters. The molecule has 0 saturated heterocycles. The zero-order chi connectivity index (χ0) is 19.5. The van der Waals surface area contributed by atoms with E-state index in [0.29, 0.717) is 6.67 Å². The standard InChI is InChI=1S/C24H24N2O2/c1-17-4-13-23-20(14-17)15-26(16-25-23)24(18-5-9-21(27-2)10-6-18)19-7-11-22(28-3)12-8-19/h4-15,24H,16H2,1-3H3. The van der Waals surface area contributed by atoms with E-state index in [-0.39, 0.29) is 6.04 Å². The van der Waals surface area contributed by atoms with Crippen LogP contribution < -0.4 is 20.0 Å². The Balaban J connectivity index is 1.80. The molecule has 0 bridgehead atoms. The van der Waals surface area contributed by atoms with Crippen LogP contribution in [0.2, 0.25) is 0 Å². The lowest BCUT2D eigenvalue weighted by molar-refractivity contribution is 0.350. The molecule has 4 nitrogen and oxygen atoms in total. The molecular weight excluding hydrogens is 348 g/mol. The number of rotatable bonds is 5. The molecule has 0 aromatic heterocycles. The molecule has 4 heteroatoms. The maximum Gasteiger partial charge on any atom is 0.118 e. The minimum atomic E-state index is 0.0502. The summed E-state index contributed by atoms with van der Waals surface area (Å²) < 4.78 is 10.7. The Morgan fingerprint density at radius 3 is 1.93 bits per heavy atom. The second kappa shape index (κ2) is 7.77. The van der Waals surface area contributed by atoms with Gasteiger partial charge in [-0.05, 0) is 54.4 Å². The van der Waals surface area contributed by atoms with Gasteiger partial charge in [0.05, 0.1) is 25.6 Å². The number of aryl methyl sites for hydroxylation is 1. The van der Waals surface area contributed by atoms with Crippen LogP contribution in [-0.2, 0) is 0 Å². The lowest BCUT2D eigenvalue weighted by Gasteiger charge is -2.32. The summed E-state index contributed by atoms with van der Waals surface area (Å²) in [6, 6.07) is 22.9. The molecule has 3 aromatic rings. The van der Waals surface area contributed by atoms with Gasteiger partial charge in [0, 0.05) is 11.4 Å². The predicted molar refractivity (Wildman–Crippen MR) is 111 cm³/mol. The van der Waals surface area contributed by atoms with Gasteiger partial charge in [0.15, 0.2) is 0 Å². The first-order valence-corrected chi connectivity index (χ1v) is 9.34. The Morgan fingerprint density at radius 2 is 1.39 bits per heavy atom. The van der Waals surface area contributed by atoms with Crippen LogP contribution in [0.25, 0.3) is 6.20 Å². The van der Waals surface area contributed by atoms with E-state index in [1.165, 1.54) is 16.7 Å². The Labute approximate surface area is 165 Å². The zero-order valence-electron chi connectivity index (χ0n) is 16.4. The summed E-state index contributed by atoms with van der Waals surface area (Å²) in [5.41, 5.74) is 3.61. The first kappa shape index (κ1) is 18.1. The number of hydrogen-bond donors (Lipinski definition) is 0. The first-order chi connectivity index (χ1) is 13.7. The summed E-state index contributed by atoms with van der Waals surface area (Å²) in [7, 11) is 3.37. The molecule has 0 fully saturated rings. The Hall–Kier alpha value is -3.27. The van der Waals surface area contributed by atoms with Gasteiger partial charge in [-0.25, -0.2) is 0 Å². The lowest BCUT2D eigenvalue weighted by atomic mass is 9.97. The smallest absolute Gasteiger partial charge is 0.118 e. The minimum absolute atomic E-state index is 0.0502. The van der Waals surface area contributed by atoms with Crippen LogP contribution in [-0.4, -0.2) is 25.8 Å². The fourth-order valence-electron chi connectivity index (χ4n) is 3.60. The van der Waals surface area contributed by atoms with Crippen LogP contribution in [0.3, 0.4) is 0 Å². The first-order valence-electron chi connectivity index (χ1n) is 9.34. The van der Waals surface area contributed by atoms with E-state index in [4.69, 9.17) is 14.5 Å². The summed E-state index contributed by atoms with van der Waals surface area (Å²) in [6.07, 6.45) is 2.22. The van der Waals surface area contributed by atoms with Gasteiger partial charge < -0.3 is 14.4 Å². The summed E-state index contributed by atoms with van der Waals surface area (Å²) in [4.78, 5) is 7.08. The summed E-state index contributed by atoms with van der Waals surface area (Å²) in [6.45, 7) is 2.72. The highest BCUT2D eigenvalue weighted by Crippen LogP contribution is 2.31. The second-order valence-electron chi connectivity index (χ2n) is 6.95. The number of methoxy groups -OCH3 is 2. The second-order valence-corrected chi connectivity index (χ2v) is 6.95. The normalized spacial score (nSPS) is 12.8. The summed E-state index contributed by atoms with van der Waals surface area (Å²) in [5.74, 6) is 1.70. The number of hydrogen-bond acceptors (Lipinski definition) is 4. The highest BCUT2D eigenvalue weighted by molar-refractivity contribution is 5.41. The van der Waals surface area contributed by atoms with E-state index in [1.54, 1.807) is 14.2 Å². The average molecular weight is 372 g/mol. The summed E-state index contributed by atoms with van der Waals surface area (Å²) >= 11 is 0. The van der Waals surface area contributed by atoms with E-state index in [1.807, 2.05) is 24.3 Å². The molecule has 28 heavy (non-hydrogen) atoms. The van der Waals surface area contributed by atoms with Crippen LogP contribution in [0, 0.1) is 6.92 Å². The van der Waals surface area contributed by atoms with Crippen molar-refractivity contribution in [3.05, 3.63) is 94.0 Å². The molecule has 1 aliphatic heterocycles. The van der Waals surface area contributed by atoms with E-state index in [9.17, 15) is 0 Å². The van der Waals surface area contributed by atoms with Crippen molar-refractivity contribution in [3.63, 3.8) is 0 Å². The van der Waals surface area contributed by atoms with E-state index < -0.39 is 0 Å². The van der Waals surface area contributed by atoms with Crippen molar-refractivity contribution in [1.82, 2.24) is 4.90 Å². The highest BCUT2D eigenvalue weighted by atomic mass is 16.5. The number of benzene rings is 3. The van der Waals surface area contributed by atoms with Crippen LogP contribution in [0.15, 0.2) is 71.7 Å². The minimum Gasteiger partial charge on any atom is -0.497 e. The molecule has 0 aliphatic carbocycles. The van der Waals surface area contributed by atoms with Crippen LogP contribution in [0.1, 0.15) is 22.7 Å². The Bertz CT molecular complexity index is 1030. The van der Waals surface area contributed by atoms with Gasteiger partial charge in [0.2, 0.25) is 0 Å².